The van der Waals surface area contributed by atoms with E-state index in [0.29, 0.717) is 18.5 Å². The first-order chi connectivity index (χ1) is 13.4. The van der Waals surface area contributed by atoms with Crippen LogP contribution in [0.2, 0.25) is 0 Å². The molecule has 6 nitrogen and oxygen atoms in total. The van der Waals surface area contributed by atoms with Crippen LogP contribution in [0, 0.1) is 0 Å². The molecule has 0 unspecified atom stereocenters. The lowest BCUT2D eigenvalue weighted by Gasteiger charge is -2.30. The van der Waals surface area contributed by atoms with E-state index < -0.39 is 0 Å². The summed E-state index contributed by atoms with van der Waals surface area (Å²) in [5.41, 5.74) is 2.35. The maximum absolute atomic E-state index is 12.5. The van der Waals surface area contributed by atoms with Gasteiger partial charge in [-0.15, -0.1) is 24.0 Å². The fourth-order valence-electron chi connectivity index (χ4n) is 3.82. The van der Waals surface area contributed by atoms with E-state index in [9.17, 15) is 4.79 Å². The van der Waals surface area contributed by atoms with Crippen molar-refractivity contribution in [1.29, 1.82) is 0 Å². The van der Waals surface area contributed by atoms with Gasteiger partial charge in [-0.25, -0.2) is 0 Å². The molecule has 0 atom stereocenters. The van der Waals surface area contributed by atoms with Crippen molar-refractivity contribution in [2.24, 2.45) is 4.99 Å². The third-order valence-corrected chi connectivity index (χ3v) is 5.26. The van der Waals surface area contributed by atoms with E-state index in [-0.39, 0.29) is 29.9 Å². The molecule has 2 rings (SSSR count). The summed E-state index contributed by atoms with van der Waals surface area (Å²) >= 11 is 0. The summed E-state index contributed by atoms with van der Waals surface area (Å²) in [6.45, 7) is 12.3. The molecule has 164 valence electrons. The number of nitrogens with one attached hydrogen (secondary N) is 2. The van der Waals surface area contributed by atoms with Crippen LogP contribution in [0.3, 0.4) is 0 Å². The van der Waals surface area contributed by atoms with Crippen LogP contribution in [0.5, 0.6) is 0 Å². The maximum Gasteiger partial charge on any atom is 0.227 e. The number of anilines is 1. The topological polar surface area (TPSA) is 60.0 Å². The van der Waals surface area contributed by atoms with Crippen molar-refractivity contribution in [3.8, 4) is 0 Å². The highest BCUT2D eigenvalue weighted by Gasteiger charge is 2.23. The van der Waals surface area contributed by atoms with Crippen LogP contribution in [0.4, 0.5) is 5.69 Å². The lowest BCUT2D eigenvalue weighted by molar-refractivity contribution is -0.118. The molecular weight excluding hydrogens is 477 g/mol. The molecule has 0 spiro atoms. The highest BCUT2D eigenvalue weighted by atomic mass is 127. The van der Waals surface area contributed by atoms with Gasteiger partial charge in [-0.1, -0.05) is 18.2 Å². The van der Waals surface area contributed by atoms with Gasteiger partial charge in [0.15, 0.2) is 5.96 Å². The summed E-state index contributed by atoms with van der Waals surface area (Å²) in [5.74, 6) is 1.01. The zero-order chi connectivity index (χ0) is 20.5. The maximum atomic E-state index is 12.5. The molecule has 1 aromatic rings. The third-order valence-electron chi connectivity index (χ3n) is 5.26. The molecule has 29 heavy (non-hydrogen) atoms. The molecule has 0 aliphatic carbocycles. The quantitative estimate of drug-likeness (QED) is 0.230. The van der Waals surface area contributed by atoms with Crippen LogP contribution in [0.25, 0.3) is 0 Å². The van der Waals surface area contributed by atoms with Crippen molar-refractivity contribution in [2.45, 2.75) is 59.0 Å². The van der Waals surface area contributed by atoms with Crippen molar-refractivity contribution >= 4 is 41.5 Å². The number of benzene rings is 1. The Hall–Kier alpha value is -1.35. The minimum Gasteiger partial charge on any atom is -0.356 e. The van der Waals surface area contributed by atoms with Gasteiger partial charge >= 0.3 is 0 Å². The van der Waals surface area contributed by atoms with Crippen molar-refractivity contribution in [1.82, 2.24) is 15.5 Å². The largest absolute Gasteiger partial charge is 0.356 e. The van der Waals surface area contributed by atoms with Crippen LogP contribution < -0.4 is 15.5 Å². The predicted octanol–water partition coefficient (Wildman–Crippen LogP) is 3.26. The minimum atomic E-state index is 0. The number of fused-ring (bicyclic) bond motifs is 1. The Morgan fingerprint density at radius 3 is 2.45 bits per heavy atom. The predicted molar refractivity (Wildman–Crippen MR) is 133 cm³/mol. The number of halogens is 1. The molecule has 1 aromatic carbocycles. The summed E-state index contributed by atoms with van der Waals surface area (Å²) in [7, 11) is 1.78. The van der Waals surface area contributed by atoms with E-state index in [1.54, 1.807) is 7.05 Å². The van der Waals surface area contributed by atoms with Crippen LogP contribution in [-0.2, 0) is 11.2 Å². The van der Waals surface area contributed by atoms with Crippen LogP contribution in [-0.4, -0.2) is 62.1 Å². The number of nitrogens with zero attached hydrogens (tertiary/aromatic N) is 3. The van der Waals surface area contributed by atoms with Gasteiger partial charge in [0.25, 0.3) is 0 Å². The highest BCUT2D eigenvalue weighted by Crippen LogP contribution is 2.27. The normalized spacial score (nSPS) is 13.7. The van der Waals surface area contributed by atoms with Crippen LogP contribution >= 0.6 is 24.0 Å². The first-order valence-electron chi connectivity index (χ1n) is 10.5. The fraction of sp³-hybridized carbons (Fsp3) is 0.636. The average molecular weight is 515 g/mol. The van der Waals surface area contributed by atoms with E-state index in [4.69, 9.17) is 0 Å². The lowest BCUT2D eigenvalue weighted by Crippen LogP contribution is -2.45. The van der Waals surface area contributed by atoms with E-state index in [2.05, 4.69) is 54.3 Å². The first-order valence-corrected chi connectivity index (χ1v) is 10.5. The smallest absolute Gasteiger partial charge is 0.227 e. The molecule has 0 saturated heterocycles. The van der Waals surface area contributed by atoms with Gasteiger partial charge < -0.3 is 15.5 Å². The SMILES string of the molecule is CN=C(NCCCC(=O)N1CCc2ccccc21)NCCN(C(C)C)C(C)C.I. The zero-order valence-electron chi connectivity index (χ0n) is 18.6. The number of para-hydroxylation sites is 1. The van der Waals surface area contributed by atoms with Crippen molar-refractivity contribution in [3.05, 3.63) is 29.8 Å². The van der Waals surface area contributed by atoms with Crippen molar-refractivity contribution in [3.63, 3.8) is 0 Å². The molecular formula is C22H38IN5O. The van der Waals surface area contributed by atoms with Gasteiger partial charge in [-0.3, -0.25) is 14.7 Å². The molecule has 0 saturated carbocycles. The molecule has 0 aromatic heterocycles. The van der Waals surface area contributed by atoms with E-state index >= 15 is 0 Å². The molecule has 1 amide bonds. The number of aliphatic imine (C=N–C) groups is 1. The van der Waals surface area contributed by atoms with Crippen LogP contribution in [0.15, 0.2) is 29.3 Å². The second kappa shape index (κ2) is 13.1. The molecule has 7 heteroatoms. The monoisotopic (exact) mass is 515 g/mol. The van der Waals surface area contributed by atoms with Crippen molar-refractivity contribution < 1.29 is 4.79 Å². The average Bonchev–Trinajstić information content (AvgIpc) is 3.10. The minimum absolute atomic E-state index is 0. The second-order valence-corrected chi connectivity index (χ2v) is 7.88. The third kappa shape index (κ3) is 7.77. The van der Waals surface area contributed by atoms with Gasteiger partial charge in [-0.05, 0) is 52.2 Å². The Labute approximate surface area is 193 Å². The number of carbonyl (C=O) groups excluding carboxylic acids is 1. The number of rotatable bonds is 9. The fourth-order valence-corrected chi connectivity index (χ4v) is 3.82. The summed E-state index contributed by atoms with van der Waals surface area (Å²) in [6, 6.07) is 9.25. The Kier molecular flexibility index (Phi) is 11.6. The van der Waals surface area contributed by atoms with Gasteiger partial charge in [0.05, 0.1) is 0 Å². The first kappa shape index (κ1) is 25.7. The summed E-state index contributed by atoms with van der Waals surface area (Å²) in [5, 5.41) is 6.68. The Bertz CT molecular complexity index is 654. The standard InChI is InChI=1S/C22H37N5O.HI/c1-17(2)26(18(3)4)16-14-25-22(23-5)24-13-8-11-21(28)27-15-12-19-9-6-7-10-20(19)27;/h6-7,9-10,17-18H,8,11-16H2,1-5H3,(H2,23,24,25);1H. The number of hydrogen-bond acceptors (Lipinski definition) is 3. The molecule has 0 radical (unpaired) electrons. The van der Waals surface area contributed by atoms with E-state index in [1.807, 2.05) is 23.1 Å². The number of amides is 1. The van der Waals surface area contributed by atoms with Gasteiger partial charge in [0.1, 0.15) is 0 Å². The molecule has 1 heterocycles. The van der Waals surface area contributed by atoms with Gasteiger partial charge in [-0.2, -0.15) is 0 Å². The van der Waals surface area contributed by atoms with Gasteiger partial charge in [0.2, 0.25) is 5.91 Å². The molecule has 2 N–H and O–H groups in total. The summed E-state index contributed by atoms with van der Waals surface area (Å²) < 4.78 is 0. The molecule has 0 bridgehead atoms. The molecule has 1 aliphatic heterocycles. The Morgan fingerprint density at radius 1 is 1.14 bits per heavy atom. The van der Waals surface area contributed by atoms with E-state index in [0.717, 1.165) is 50.7 Å². The lowest BCUT2D eigenvalue weighted by atomic mass is 10.2. The summed E-state index contributed by atoms with van der Waals surface area (Å²) in [4.78, 5) is 21.2. The molecule has 0 fully saturated rings. The van der Waals surface area contributed by atoms with Crippen molar-refractivity contribution in [2.75, 3.05) is 38.1 Å². The van der Waals surface area contributed by atoms with Gasteiger partial charge in [0, 0.05) is 57.4 Å². The number of hydrogen-bond donors (Lipinski definition) is 2. The van der Waals surface area contributed by atoms with Crippen LogP contribution in [0.1, 0.15) is 46.1 Å². The highest BCUT2D eigenvalue weighted by molar-refractivity contribution is 14.0. The number of guanidine groups is 1. The molecule has 1 aliphatic rings. The zero-order valence-corrected chi connectivity index (χ0v) is 20.9. The van der Waals surface area contributed by atoms with E-state index in [1.165, 1.54) is 5.56 Å². The number of carbonyl (C=O) groups is 1. The Balaban J connectivity index is 0.00000420. The Morgan fingerprint density at radius 2 is 1.79 bits per heavy atom. The summed E-state index contributed by atoms with van der Waals surface area (Å²) in [6.07, 6.45) is 2.30. The second-order valence-electron chi connectivity index (χ2n) is 7.88.